The van der Waals surface area contributed by atoms with E-state index in [1.54, 1.807) is 0 Å². The summed E-state index contributed by atoms with van der Waals surface area (Å²) in [6.07, 6.45) is 27.0. The molecule has 1 aromatic heterocycles. The number of rotatable bonds is 18. The Morgan fingerprint density at radius 2 is 1.11 bits per heavy atom. The first-order valence-electron chi connectivity index (χ1n) is 11.8. The third-order valence-electron chi connectivity index (χ3n) is 5.76. The van der Waals surface area contributed by atoms with Crippen LogP contribution in [0.4, 0.5) is 0 Å². The smallest absolute Gasteiger partial charge is 0.253 e. The molecule has 27 heavy (non-hydrogen) atoms. The standard InChI is InChI=1S/C24H47N2.ClH/c1-4-6-8-10-12-14-16-18-20-25-22-23-26(24(25)3)21-19-17-15-13-11-9-7-5-2;/h22-23H,4-21H2,1-3H3;1H/q+1;/p-1. The SMILES string of the molecule is CCCCCCCCCCn1cc[n+](CCCCCCCCCC)c1C.[Cl-]. The minimum absolute atomic E-state index is 0. The van der Waals surface area contributed by atoms with E-state index in [0.717, 1.165) is 0 Å². The highest BCUT2D eigenvalue weighted by Gasteiger charge is 2.11. The second-order valence-corrected chi connectivity index (χ2v) is 8.18. The van der Waals surface area contributed by atoms with Crippen molar-refractivity contribution in [3.05, 3.63) is 18.2 Å². The molecule has 0 atom stereocenters. The Kier molecular flexibility index (Phi) is 18.5. The van der Waals surface area contributed by atoms with Crippen molar-refractivity contribution >= 4 is 0 Å². The van der Waals surface area contributed by atoms with E-state index in [0.29, 0.717) is 0 Å². The Labute approximate surface area is 176 Å². The summed E-state index contributed by atoms with van der Waals surface area (Å²) < 4.78 is 4.92. The lowest BCUT2D eigenvalue weighted by Gasteiger charge is -2.03. The molecule has 0 amide bonds. The molecule has 0 aliphatic rings. The van der Waals surface area contributed by atoms with Crippen molar-refractivity contribution in [1.82, 2.24) is 4.57 Å². The van der Waals surface area contributed by atoms with E-state index in [1.165, 1.54) is 122 Å². The van der Waals surface area contributed by atoms with Gasteiger partial charge in [0.2, 0.25) is 0 Å². The van der Waals surface area contributed by atoms with Crippen molar-refractivity contribution in [3.63, 3.8) is 0 Å². The number of halogens is 1. The van der Waals surface area contributed by atoms with Gasteiger partial charge in [-0.05, 0) is 25.7 Å². The number of unbranched alkanes of at least 4 members (excludes halogenated alkanes) is 14. The highest BCUT2D eigenvalue weighted by molar-refractivity contribution is 4.79. The molecule has 2 nitrogen and oxygen atoms in total. The average Bonchev–Trinajstić information content (AvgIpc) is 2.99. The second kappa shape index (κ2) is 18.8. The monoisotopic (exact) mass is 398 g/mol. The van der Waals surface area contributed by atoms with Crippen molar-refractivity contribution in [2.45, 2.75) is 137 Å². The lowest BCUT2D eigenvalue weighted by molar-refractivity contribution is -0.702. The van der Waals surface area contributed by atoms with Gasteiger partial charge < -0.3 is 12.4 Å². The largest absolute Gasteiger partial charge is 1.00 e. The number of hydrogen-bond acceptors (Lipinski definition) is 0. The van der Waals surface area contributed by atoms with Gasteiger partial charge in [0.1, 0.15) is 12.4 Å². The molecule has 1 rings (SSSR count). The normalized spacial score (nSPS) is 10.9. The van der Waals surface area contributed by atoms with E-state index in [9.17, 15) is 0 Å². The fraction of sp³-hybridized carbons (Fsp3) is 0.875. The number of hydrogen-bond donors (Lipinski definition) is 0. The number of nitrogens with zero attached hydrogens (tertiary/aromatic N) is 2. The summed E-state index contributed by atoms with van der Waals surface area (Å²) >= 11 is 0. The summed E-state index contributed by atoms with van der Waals surface area (Å²) in [5, 5.41) is 0. The first-order chi connectivity index (χ1) is 12.8. The quantitative estimate of drug-likeness (QED) is 0.256. The lowest BCUT2D eigenvalue weighted by Crippen LogP contribution is -3.00. The Balaban J connectivity index is 0.00000676. The first kappa shape index (κ1) is 26.5. The van der Waals surface area contributed by atoms with Crippen LogP contribution >= 0.6 is 0 Å². The number of imidazole rings is 1. The summed E-state index contributed by atoms with van der Waals surface area (Å²) in [5.41, 5.74) is 0. The molecule has 0 aromatic carbocycles. The summed E-state index contributed by atoms with van der Waals surface area (Å²) in [6.45, 7) is 9.27. The Morgan fingerprint density at radius 1 is 0.667 bits per heavy atom. The van der Waals surface area contributed by atoms with E-state index in [2.05, 4.69) is 42.3 Å². The van der Waals surface area contributed by atoms with Crippen LogP contribution in [0.15, 0.2) is 12.4 Å². The minimum atomic E-state index is 0. The van der Waals surface area contributed by atoms with Gasteiger partial charge in [0.25, 0.3) is 5.82 Å². The van der Waals surface area contributed by atoms with Crippen LogP contribution in [0.5, 0.6) is 0 Å². The second-order valence-electron chi connectivity index (χ2n) is 8.18. The molecule has 0 aliphatic heterocycles. The van der Waals surface area contributed by atoms with Gasteiger partial charge in [-0.15, -0.1) is 0 Å². The van der Waals surface area contributed by atoms with Crippen LogP contribution in [-0.4, -0.2) is 4.57 Å². The highest BCUT2D eigenvalue weighted by Crippen LogP contribution is 2.10. The zero-order chi connectivity index (χ0) is 18.9. The fourth-order valence-electron chi connectivity index (χ4n) is 3.85. The van der Waals surface area contributed by atoms with E-state index in [1.807, 2.05) is 0 Å². The third-order valence-corrected chi connectivity index (χ3v) is 5.76. The van der Waals surface area contributed by atoms with Gasteiger partial charge in [0.15, 0.2) is 0 Å². The van der Waals surface area contributed by atoms with Crippen molar-refractivity contribution in [3.8, 4) is 0 Å². The Hall–Kier alpha value is -0.500. The molecule has 0 bridgehead atoms. The van der Waals surface area contributed by atoms with Crippen LogP contribution in [0.2, 0.25) is 0 Å². The summed E-state index contributed by atoms with van der Waals surface area (Å²) in [6, 6.07) is 0. The van der Waals surface area contributed by atoms with Gasteiger partial charge in [-0.1, -0.05) is 90.9 Å². The molecule has 1 aromatic rings. The first-order valence-corrected chi connectivity index (χ1v) is 11.8. The maximum atomic E-state index is 2.46. The topological polar surface area (TPSA) is 8.81 Å². The predicted molar refractivity (Wildman–Crippen MR) is 115 cm³/mol. The molecule has 0 fully saturated rings. The van der Waals surface area contributed by atoms with Crippen LogP contribution in [-0.2, 0) is 13.1 Å². The van der Waals surface area contributed by atoms with Crippen molar-refractivity contribution in [2.24, 2.45) is 0 Å². The minimum Gasteiger partial charge on any atom is -1.00 e. The molecule has 1 heterocycles. The fourth-order valence-corrected chi connectivity index (χ4v) is 3.85. The van der Waals surface area contributed by atoms with E-state index < -0.39 is 0 Å². The molecule has 3 heteroatoms. The molecule has 0 saturated carbocycles. The third kappa shape index (κ3) is 13.3. The molecule has 0 radical (unpaired) electrons. The maximum absolute atomic E-state index is 2.46. The molecule has 0 N–H and O–H groups in total. The summed E-state index contributed by atoms with van der Waals surface area (Å²) in [7, 11) is 0. The van der Waals surface area contributed by atoms with Crippen LogP contribution in [0.25, 0.3) is 0 Å². The molecular weight excluding hydrogens is 352 g/mol. The van der Waals surface area contributed by atoms with E-state index in [-0.39, 0.29) is 12.4 Å². The van der Waals surface area contributed by atoms with Gasteiger partial charge in [-0.3, -0.25) is 0 Å². The molecule has 0 spiro atoms. The van der Waals surface area contributed by atoms with Gasteiger partial charge >= 0.3 is 0 Å². The van der Waals surface area contributed by atoms with Crippen LogP contribution in [0.1, 0.15) is 122 Å². The van der Waals surface area contributed by atoms with Crippen LogP contribution in [0, 0.1) is 6.92 Å². The molecule has 0 saturated heterocycles. The lowest BCUT2D eigenvalue weighted by atomic mass is 10.1. The molecule has 0 aliphatic carbocycles. The van der Waals surface area contributed by atoms with Gasteiger partial charge in [0.05, 0.1) is 13.1 Å². The zero-order valence-corrected chi connectivity index (χ0v) is 19.4. The zero-order valence-electron chi connectivity index (χ0n) is 18.7. The van der Waals surface area contributed by atoms with Crippen molar-refractivity contribution in [2.75, 3.05) is 0 Å². The number of aryl methyl sites for hydroxylation is 2. The maximum Gasteiger partial charge on any atom is 0.253 e. The van der Waals surface area contributed by atoms with E-state index in [4.69, 9.17) is 0 Å². The molecule has 0 unspecified atom stereocenters. The van der Waals surface area contributed by atoms with Crippen molar-refractivity contribution < 1.29 is 17.0 Å². The Morgan fingerprint density at radius 3 is 1.63 bits per heavy atom. The predicted octanol–water partition coefficient (Wildman–Crippen LogP) is 4.37. The van der Waals surface area contributed by atoms with E-state index >= 15 is 0 Å². The Bertz CT molecular complexity index is 391. The van der Waals surface area contributed by atoms with Crippen LogP contribution in [0.3, 0.4) is 0 Å². The van der Waals surface area contributed by atoms with Gasteiger partial charge in [0, 0.05) is 6.92 Å². The van der Waals surface area contributed by atoms with Gasteiger partial charge in [-0.25, -0.2) is 9.13 Å². The van der Waals surface area contributed by atoms with Gasteiger partial charge in [-0.2, -0.15) is 0 Å². The average molecular weight is 399 g/mol. The highest BCUT2D eigenvalue weighted by atomic mass is 35.5. The molecular formula is C24H47ClN2. The van der Waals surface area contributed by atoms with Crippen LogP contribution < -0.4 is 17.0 Å². The summed E-state index contributed by atoms with van der Waals surface area (Å²) in [4.78, 5) is 0. The summed E-state index contributed by atoms with van der Waals surface area (Å²) in [5.74, 6) is 1.44. The number of aromatic nitrogens is 2. The van der Waals surface area contributed by atoms with Crippen molar-refractivity contribution in [1.29, 1.82) is 0 Å². The molecule has 160 valence electrons.